The lowest BCUT2D eigenvalue weighted by Crippen LogP contribution is -2.26. The molecule has 1 aromatic heterocycles. The van der Waals surface area contributed by atoms with E-state index >= 15 is 0 Å². The molecule has 6 heteroatoms. The number of carboxylic acids is 1. The molecule has 5 aromatic rings. The van der Waals surface area contributed by atoms with Gasteiger partial charge in [0.05, 0.1) is 16.6 Å². The number of aromatic carboxylic acids is 1. The van der Waals surface area contributed by atoms with Crippen molar-refractivity contribution in [1.82, 2.24) is 9.55 Å². The van der Waals surface area contributed by atoms with E-state index in [1.165, 1.54) is 30.6 Å². The van der Waals surface area contributed by atoms with Gasteiger partial charge in [0.15, 0.2) is 0 Å². The normalized spacial score (nSPS) is 11.2. The fourth-order valence-electron chi connectivity index (χ4n) is 6.23. The zero-order valence-electron chi connectivity index (χ0n) is 27.6. The Morgan fingerprint density at radius 1 is 0.804 bits per heavy atom. The summed E-state index contributed by atoms with van der Waals surface area (Å²) in [5.74, 6) is 0.154. The van der Waals surface area contributed by atoms with Crippen molar-refractivity contribution in [3.05, 3.63) is 108 Å². The molecule has 0 spiro atoms. The van der Waals surface area contributed by atoms with Crippen LogP contribution in [0.15, 0.2) is 91.0 Å². The molecule has 0 radical (unpaired) electrons. The van der Waals surface area contributed by atoms with E-state index in [0.29, 0.717) is 5.56 Å². The third-order valence-corrected chi connectivity index (χ3v) is 8.73. The van der Waals surface area contributed by atoms with E-state index in [1.54, 1.807) is 12.1 Å². The molecule has 0 saturated carbocycles. The van der Waals surface area contributed by atoms with Crippen molar-refractivity contribution < 1.29 is 9.90 Å². The number of anilines is 2. The van der Waals surface area contributed by atoms with E-state index in [1.807, 2.05) is 18.2 Å². The second-order valence-electron chi connectivity index (χ2n) is 12.2. The molecular weight excluding hydrogens is 568 g/mol. The summed E-state index contributed by atoms with van der Waals surface area (Å²) < 4.78 is 2.32. The largest absolute Gasteiger partial charge is 0.478 e. The van der Waals surface area contributed by atoms with Crippen molar-refractivity contribution in [1.29, 1.82) is 0 Å². The minimum absolute atomic E-state index is 0.318. The molecule has 4 aromatic carbocycles. The molecule has 6 nitrogen and oxygen atoms in total. The predicted octanol–water partition coefficient (Wildman–Crippen LogP) is 9.93. The summed E-state index contributed by atoms with van der Waals surface area (Å²) in [5, 5.41) is 13.4. The van der Waals surface area contributed by atoms with Gasteiger partial charge in [0, 0.05) is 43.1 Å². The van der Waals surface area contributed by atoms with E-state index in [9.17, 15) is 9.90 Å². The van der Waals surface area contributed by atoms with Crippen LogP contribution in [0.3, 0.4) is 0 Å². The number of carbonyl (C=O) groups is 1. The van der Waals surface area contributed by atoms with Crippen LogP contribution in [0.4, 0.5) is 11.4 Å². The number of unbranched alkanes of at least 4 members (excludes halogenated alkanes) is 4. The maximum absolute atomic E-state index is 12.0. The minimum atomic E-state index is -0.912. The lowest BCUT2D eigenvalue weighted by molar-refractivity contribution is 0.0697. The van der Waals surface area contributed by atoms with Gasteiger partial charge in [-0.3, -0.25) is 4.57 Å². The Bertz CT molecular complexity index is 1730. The van der Waals surface area contributed by atoms with Gasteiger partial charge in [0.2, 0.25) is 0 Å². The molecule has 46 heavy (non-hydrogen) atoms. The van der Waals surface area contributed by atoms with Gasteiger partial charge >= 0.3 is 5.97 Å². The van der Waals surface area contributed by atoms with Gasteiger partial charge in [-0.1, -0.05) is 75.6 Å². The maximum atomic E-state index is 12.0. The van der Waals surface area contributed by atoms with Crippen LogP contribution >= 0.6 is 0 Å². The van der Waals surface area contributed by atoms with Gasteiger partial charge in [-0.25, -0.2) is 9.78 Å². The fraction of sp³-hybridized carbons (Fsp3) is 0.350. The zero-order chi connectivity index (χ0) is 32.3. The van der Waals surface area contributed by atoms with Crippen molar-refractivity contribution in [2.75, 3.05) is 29.9 Å². The number of nitrogens with zero attached hydrogens (tertiary/aromatic N) is 3. The van der Waals surface area contributed by atoms with Gasteiger partial charge in [0.1, 0.15) is 5.82 Å². The van der Waals surface area contributed by atoms with Crippen LogP contribution in [0, 0.1) is 6.92 Å². The Kier molecular flexibility index (Phi) is 11.5. The quantitative estimate of drug-likeness (QED) is 0.102. The molecule has 5 rings (SSSR count). The Labute approximate surface area is 274 Å². The highest BCUT2D eigenvalue weighted by Crippen LogP contribution is 2.32. The molecule has 0 aliphatic rings. The highest BCUT2D eigenvalue weighted by Gasteiger charge is 2.18. The second-order valence-corrected chi connectivity index (χ2v) is 12.2. The predicted molar refractivity (Wildman–Crippen MR) is 193 cm³/mol. The Morgan fingerprint density at radius 3 is 2.28 bits per heavy atom. The van der Waals surface area contributed by atoms with E-state index in [0.717, 1.165) is 91.0 Å². The summed E-state index contributed by atoms with van der Waals surface area (Å²) in [7, 11) is 0. The number of imidazole rings is 1. The first-order valence-corrected chi connectivity index (χ1v) is 17.0. The summed E-state index contributed by atoms with van der Waals surface area (Å²) in [6.45, 7) is 9.56. The third-order valence-electron chi connectivity index (χ3n) is 8.73. The summed E-state index contributed by atoms with van der Waals surface area (Å²) in [5.41, 5.74) is 8.64. The molecule has 0 atom stereocenters. The number of hydrogen-bond donors (Lipinski definition) is 2. The van der Waals surface area contributed by atoms with Crippen LogP contribution in [-0.2, 0) is 6.42 Å². The van der Waals surface area contributed by atoms with E-state index in [4.69, 9.17) is 4.98 Å². The van der Waals surface area contributed by atoms with Crippen molar-refractivity contribution >= 4 is 28.4 Å². The molecular formula is C40H48N4O2. The van der Waals surface area contributed by atoms with E-state index < -0.39 is 5.97 Å². The molecule has 0 aliphatic carbocycles. The average Bonchev–Trinajstić information content (AvgIpc) is 3.44. The molecule has 2 N–H and O–H groups in total. The van der Waals surface area contributed by atoms with E-state index in [-0.39, 0.29) is 0 Å². The standard InChI is InChI=1S/C40H48N4O2/c1-4-6-14-26-43(27-15-13-25-41-31-16-9-8-10-17-31)32-22-24-37-38(29-32)44(39(42-37)20-7-5-2)33-21-23-34(30(3)28-33)35-18-11-12-19-36(35)40(45)46/h8-12,16-19,21-24,28-29,41H,4-7,13-15,20,25-27H2,1-3H3,(H,45,46). The number of para-hydroxylation sites is 1. The van der Waals surface area contributed by atoms with Gasteiger partial charge in [0.25, 0.3) is 0 Å². The van der Waals surface area contributed by atoms with Crippen LogP contribution in [0.5, 0.6) is 0 Å². The van der Waals surface area contributed by atoms with Crippen molar-refractivity contribution in [3.8, 4) is 16.8 Å². The van der Waals surface area contributed by atoms with Crippen LogP contribution < -0.4 is 10.2 Å². The number of fused-ring (bicyclic) bond motifs is 1. The highest BCUT2D eigenvalue weighted by molar-refractivity contribution is 5.96. The summed E-state index contributed by atoms with van der Waals surface area (Å²) in [6.07, 6.45) is 8.90. The molecule has 0 saturated heterocycles. The van der Waals surface area contributed by atoms with Crippen molar-refractivity contribution in [2.24, 2.45) is 0 Å². The smallest absolute Gasteiger partial charge is 0.336 e. The Hall–Kier alpha value is -4.58. The number of benzene rings is 4. The molecule has 240 valence electrons. The molecule has 0 aliphatic heterocycles. The SMILES string of the molecule is CCCCCN(CCCCNc1ccccc1)c1ccc2nc(CCCC)n(-c3ccc(-c4ccccc4C(=O)O)c(C)c3)c2c1. The van der Waals surface area contributed by atoms with Crippen molar-refractivity contribution in [2.45, 2.75) is 72.1 Å². The molecule has 0 amide bonds. The average molecular weight is 617 g/mol. The Morgan fingerprint density at radius 2 is 1.54 bits per heavy atom. The summed E-state index contributed by atoms with van der Waals surface area (Å²) in [4.78, 5) is 19.6. The summed E-state index contributed by atoms with van der Waals surface area (Å²) in [6, 6.07) is 30.8. The van der Waals surface area contributed by atoms with Gasteiger partial charge in [-0.05, 0) is 97.8 Å². The van der Waals surface area contributed by atoms with Gasteiger partial charge < -0.3 is 15.3 Å². The lowest BCUT2D eigenvalue weighted by atomic mass is 9.95. The number of hydrogen-bond acceptors (Lipinski definition) is 4. The molecule has 0 fully saturated rings. The van der Waals surface area contributed by atoms with Crippen LogP contribution in [-0.4, -0.2) is 40.3 Å². The molecule has 0 unspecified atom stereocenters. The molecule has 1 heterocycles. The van der Waals surface area contributed by atoms with E-state index in [2.05, 4.69) is 96.2 Å². The fourth-order valence-corrected chi connectivity index (χ4v) is 6.23. The number of aryl methyl sites for hydroxylation is 2. The monoisotopic (exact) mass is 616 g/mol. The van der Waals surface area contributed by atoms with Crippen LogP contribution in [0.1, 0.15) is 80.5 Å². The number of nitrogens with one attached hydrogen (secondary N) is 1. The highest BCUT2D eigenvalue weighted by atomic mass is 16.4. The topological polar surface area (TPSA) is 70.4 Å². The maximum Gasteiger partial charge on any atom is 0.336 e. The summed E-state index contributed by atoms with van der Waals surface area (Å²) >= 11 is 0. The minimum Gasteiger partial charge on any atom is -0.478 e. The van der Waals surface area contributed by atoms with Gasteiger partial charge in [-0.2, -0.15) is 0 Å². The number of rotatable bonds is 17. The Balaban J connectivity index is 1.45. The lowest BCUT2D eigenvalue weighted by Gasteiger charge is -2.25. The third kappa shape index (κ3) is 7.97. The first-order valence-electron chi connectivity index (χ1n) is 17.0. The zero-order valence-corrected chi connectivity index (χ0v) is 27.6. The van der Waals surface area contributed by atoms with Gasteiger partial charge in [-0.15, -0.1) is 0 Å². The first kappa shape index (κ1) is 32.8. The van der Waals surface area contributed by atoms with Crippen LogP contribution in [0.25, 0.3) is 27.8 Å². The van der Waals surface area contributed by atoms with Crippen molar-refractivity contribution in [3.63, 3.8) is 0 Å². The number of aromatic nitrogens is 2. The van der Waals surface area contributed by atoms with Crippen LogP contribution in [0.2, 0.25) is 0 Å². The second kappa shape index (κ2) is 16.1. The molecule has 0 bridgehead atoms. The number of carboxylic acid groups (broad SMARTS) is 1. The first-order chi connectivity index (χ1) is 22.5.